The van der Waals surface area contributed by atoms with Crippen LogP contribution < -0.4 is 10.6 Å². The molecule has 5 heteroatoms. The molecule has 0 spiro atoms. The van der Waals surface area contributed by atoms with E-state index in [1.165, 1.54) is 6.42 Å². The van der Waals surface area contributed by atoms with Gasteiger partial charge < -0.3 is 10.6 Å². The molecule has 0 saturated carbocycles. The Balaban J connectivity index is 1.91. The van der Waals surface area contributed by atoms with Crippen molar-refractivity contribution in [3.63, 3.8) is 0 Å². The van der Waals surface area contributed by atoms with Crippen molar-refractivity contribution in [1.82, 2.24) is 20.4 Å². The molecule has 19 heavy (non-hydrogen) atoms. The Labute approximate surface area is 114 Å². The zero-order valence-electron chi connectivity index (χ0n) is 12.1. The van der Waals surface area contributed by atoms with Crippen LogP contribution in [-0.2, 0) is 13.5 Å². The van der Waals surface area contributed by atoms with E-state index in [4.69, 9.17) is 0 Å². The van der Waals surface area contributed by atoms with Gasteiger partial charge in [0.05, 0.1) is 5.69 Å². The first-order valence-electron chi connectivity index (χ1n) is 7.13. The molecule has 1 fully saturated rings. The highest BCUT2D eigenvalue weighted by Gasteiger charge is 2.22. The zero-order valence-corrected chi connectivity index (χ0v) is 12.1. The van der Waals surface area contributed by atoms with Crippen molar-refractivity contribution in [3.8, 4) is 0 Å². The third-order valence-electron chi connectivity index (χ3n) is 4.04. The second kappa shape index (κ2) is 6.19. The number of carbonyl (C=O) groups excluding carboxylic acids is 1. The van der Waals surface area contributed by atoms with Crippen molar-refractivity contribution in [2.75, 3.05) is 19.6 Å². The number of nitrogens with one attached hydrogen (secondary N) is 2. The maximum atomic E-state index is 12.2. The van der Waals surface area contributed by atoms with E-state index in [9.17, 15) is 4.79 Å². The minimum atomic E-state index is -0.0209. The van der Waals surface area contributed by atoms with E-state index in [2.05, 4.69) is 22.7 Å². The first-order chi connectivity index (χ1) is 9.11. The number of hydrogen-bond donors (Lipinski definition) is 2. The van der Waals surface area contributed by atoms with Gasteiger partial charge in [-0.2, -0.15) is 5.10 Å². The van der Waals surface area contributed by atoms with E-state index in [1.807, 2.05) is 20.0 Å². The lowest BCUT2D eigenvalue weighted by Crippen LogP contribution is -2.42. The molecule has 0 aromatic carbocycles. The Kier molecular flexibility index (Phi) is 4.58. The molecule has 1 aliphatic heterocycles. The highest BCUT2D eigenvalue weighted by atomic mass is 16.2. The molecule has 0 bridgehead atoms. The molecule has 0 radical (unpaired) electrons. The molecule has 0 aliphatic carbocycles. The molecule has 106 valence electrons. The number of hydrogen-bond acceptors (Lipinski definition) is 3. The van der Waals surface area contributed by atoms with E-state index in [0.717, 1.165) is 31.7 Å². The average molecular weight is 264 g/mol. The highest BCUT2D eigenvalue weighted by Crippen LogP contribution is 2.17. The van der Waals surface area contributed by atoms with Crippen molar-refractivity contribution in [2.24, 2.45) is 18.9 Å². The van der Waals surface area contributed by atoms with Gasteiger partial charge in [0, 0.05) is 13.6 Å². The SMILES string of the molecule is CCc1cc(C(=O)NCC2CNCCC2C)n(C)n1. The third-order valence-corrected chi connectivity index (χ3v) is 4.04. The van der Waals surface area contributed by atoms with Gasteiger partial charge in [-0.25, -0.2) is 0 Å². The van der Waals surface area contributed by atoms with Crippen LogP contribution in [0.5, 0.6) is 0 Å². The maximum Gasteiger partial charge on any atom is 0.269 e. The minimum Gasteiger partial charge on any atom is -0.350 e. The summed E-state index contributed by atoms with van der Waals surface area (Å²) in [7, 11) is 1.82. The van der Waals surface area contributed by atoms with E-state index in [1.54, 1.807) is 4.68 Å². The first-order valence-corrected chi connectivity index (χ1v) is 7.13. The van der Waals surface area contributed by atoms with Crippen LogP contribution in [-0.4, -0.2) is 35.3 Å². The number of carbonyl (C=O) groups is 1. The van der Waals surface area contributed by atoms with Gasteiger partial charge in [-0.3, -0.25) is 9.48 Å². The minimum absolute atomic E-state index is 0.0209. The highest BCUT2D eigenvalue weighted by molar-refractivity contribution is 5.92. The zero-order chi connectivity index (χ0) is 13.8. The molecule has 1 amide bonds. The largest absolute Gasteiger partial charge is 0.350 e. The van der Waals surface area contributed by atoms with Crippen LogP contribution in [0.1, 0.15) is 36.5 Å². The molecule has 2 heterocycles. The molecule has 2 unspecified atom stereocenters. The summed E-state index contributed by atoms with van der Waals surface area (Å²) < 4.78 is 1.66. The lowest BCUT2D eigenvalue weighted by atomic mass is 9.88. The predicted octanol–water partition coefficient (Wildman–Crippen LogP) is 0.958. The summed E-state index contributed by atoms with van der Waals surface area (Å²) in [4.78, 5) is 12.2. The number of aryl methyl sites for hydroxylation is 2. The van der Waals surface area contributed by atoms with Crippen molar-refractivity contribution < 1.29 is 4.79 Å². The van der Waals surface area contributed by atoms with Crippen molar-refractivity contribution in [2.45, 2.75) is 26.7 Å². The number of nitrogens with zero attached hydrogens (tertiary/aromatic N) is 2. The normalized spacial score (nSPS) is 23.3. The van der Waals surface area contributed by atoms with E-state index >= 15 is 0 Å². The van der Waals surface area contributed by atoms with Crippen LogP contribution in [0.25, 0.3) is 0 Å². The van der Waals surface area contributed by atoms with Crippen LogP contribution in [0.4, 0.5) is 0 Å². The fraction of sp³-hybridized carbons (Fsp3) is 0.714. The second-order valence-corrected chi connectivity index (χ2v) is 5.44. The fourth-order valence-corrected chi connectivity index (χ4v) is 2.55. The van der Waals surface area contributed by atoms with Gasteiger partial charge in [0.1, 0.15) is 5.69 Å². The molecule has 1 aromatic rings. The molecular weight excluding hydrogens is 240 g/mol. The number of rotatable bonds is 4. The summed E-state index contributed by atoms with van der Waals surface area (Å²) in [5, 5.41) is 10.7. The molecule has 5 nitrogen and oxygen atoms in total. The summed E-state index contributed by atoms with van der Waals surface area (Å²) in [6, 6.07) is 1.87. The smallest absolute Gasteiger partial charge is 0.269 e. The summed E-state index contributed by atoms with van der Waals surface area (Å²) in [5.41, 5.74) is 1.61. The quantitative estimate of drug-likeness (QED) is 0.851. The molecular formula is C14H24N4O. The van der Waals surface area contributed by atoms with Crippen LogP contribution in [0.3, 0.4) is 0 Å². The molecule has 1 saturated heterocycles. The standard InChI is InChI=1S/C14H24N4O/c1-4-12-7-13(18(3)17-12)14(19)16-9-11-8-15-6-5-10(11)2/h7,10-11,15H,4-6,8-9H2,1-3H3,(H,16,19). The van der Waals surface area contributed by atoms with E-state index in [0.29, 0.717) is 17.5 Å². The Bertz CT molecular complexity index is 441. The van der Waals surface area contributed by atoms with Gasteiger partial charge in [0.25, 0.3) is 5.91 Å². The molecule has 2 N–H and O–H groups in total. The topological polar surface area (TPSA) is 59.0 Å². The molecule has 2 rings (SSSR count). The summed E-state index contributed by atoms with van der Waals surface area (Å²) >= 11 is 0. The van der Waals surface area contributed by atoms with Gasteiger partial charge in [0.2, 0.25) is 0 Å². The summed E-state index contributed by atoms with van der Waals surface area (Å²) in [5.74, 6) is 1.17. The number of amides is 1. The predicted molar refractivity (Wildman–Crippen MR) is 75.1 cm³/mol. The monoisotopic (exact) mass is 264 g/mol. The van der Waals surface area contributed by atoms with Gasteiger partial charge in [0.15, 0.2) is 0 Å². The molecule has 1 aliphatic rings. The van der Waals surface area contributed by atoms with Crippen LogP contribution >= 0.6 is 0 Å². The second-order valence-electron chi connectivity index (χ2n) is 5.44. The Morgan fingerprint density at radius 2 is 2.42 bits per heavy atom. The van der Waals surface area contributed by atoms with Gasteiger partial charge in [-0.1, -0.05) is 13.8 Å². The lowest BCUT2D eigenvalue weighted by Gasteiger charge is -2.29. The van der Waals surface area contributed by atoms with Gasteiger partial charge in [-0.15, -0.1) is 0 Å². The van der Waals surface area contributed by atoms with Crippen molar-refractivity contribution in [3.05, 3.63) is 17.5 Å². The Hall–Kier alpha value is -1.36. The van der Waals surface area contributed by atoms with E-state index in [-0.39, 0.29) is 5.91 Å². The lowest BCUT2D eigenvalue weighted by molar-refractivity contribution is 0.0929. The van der Waals surface area contributed by atoms with Gasteiger partial charge >= 0.3 is 0 Å². The molecule has 1 aromatic heterocycles. The van der Waals surface area contributed by atoms with E-state index < -0.39 is 0 Å². The third kappa shape index (κ3) is 3.35. The van der Waals surface area contributed by atoms with Crippen molar-refractivity contribution in [1.29, 1.82) is 0 Å². The maximum absolute atomic E-state index is 12.2. The van der Waals surface area contributed by atoms with Crippen molar-refractivity contribution >= 4 is 5.91 Å². The Morgan fingerprint density at radius 3 is 3.05 bits per heavy atom. The summed E-state index contributed by atoms with van der Waals surface area (Å²) in [6.07, 6.45) is 2.04. The average Bonchev–Trinajstić information content (AvgIpc) is 2.79. The van der Waals surface area contributed by atoms with Crippen LogP contribution in [0.2, 0.25) is 0 Å². The van der Waals surface area contributed by atoms with Crippen LogP contribution in [0.15, 0.2) is 6.07 Å². The fourth-order valence-electron chi connectivity index (χ4n) is 2.55. The Morgan fingerprint density at radius 1 is 1.63 bits per heavy atom. The summed E-state index contributed by atoms with van der Waals surface area (Å²) in [6.45, 7) is 7.12. The number of piperidine rings is 1. The first kappa shape index (κ1) is 14.1. The van der Waals surface area contributed by atoms with Crippen LogP contribution in [0, 0.1) is 11.8 Å². The molecule has 2 atom stereocenters. The van der Waals surface area contributed by atoms with Gasteiger partial charge in [-0.05, 0) is 43.8 Å². The number of aromatic nitrogens is 2.